The lowest BCUT2D eigenvalue weighted by Gasteiger charge is -2.29. The van der Waals surface area contributed by atoms with Crippen molar-refractivity contribution in [3.8, 4) is 0 Å². The maximum atomic E-state index is 13.6. The SMILES string of the molecule is O=C(OCc1ccccc1)c1ccccc1[P+](Cc1ccccc1)(c1ccccc1)c1ccccc1. The van der Waals surface area contributed by atoms with Gasteiger partial charge in [-0.1, -0.05) is 109 Å². The minimum Gasteiger partial charge on any atom is -0.457 e. The van der Waals surface area contributed by atoms with Gasteiger partial charge in [-0.05, 0) is 47.5 Å². The molecule has 0 bridgehead atoms. The van der Waals surface area contributed by atoms with E-state index in [-0.39, 0.29) is 12.6 Å². The normalized spacial score (nSPS) is 11.1. The van der Waals surface area contributed by atoms with Gasteiger partial charge in [-0.2, -0.15) is 0 Å². The summed E-state index contributed by atoms with van der Waals surface area (Å²) in [7, 11) is -2.26. The first-order valence-electron chi connectivity index (χ1n) is 12.1. The van der Waals surface area contributed by atoms with Crippen LogP contribution in [0, 0.1) is 0 Å². The lowest BCUT2D eigenvalue weighted by atomic mass is 10.2. The third-order valence-electron chi connectivity index (χ3n) is 6.40. The molecule has 0 spiro atoms. The molecular weight excluding hydrogens is 459 g/mol. The molecule has 2 nitrogen and oxygen atoms in total. The molecule has 0 saturated heterocycles. The zero-order valence-corrected chi connectivity index (χ0v) is 20.9. The Morgan fingerprint density at radius 1 is 0.528 bits per heavy atom. The van der Waals surface area contributed by atoms with E-state index in [2.05, 4.69) is 78.9 Å². The highest BCUT2D eigenvalue weighted by Crippen LogP contribution is 2.58. The van der Waals surface area contributed by atoms with Crippen molar-refractivity contribution in [2.24, 2.45) is 0 Å². The second-order valence-corrected chi connectivity index (χ2v) is 12.2. The maximum absolute atomic E-state index is 13.6. The third kappa shape index (κ3) is 5.00. The molecule has 0 heterocycles. The zero-order valence-electron chi connectivity index (χ0n) is 20.0. The number of ether oxygens (including phenoxy) is 1. The van der Waals surface area contributed by atoms with Gasteiger partial charge in [0.05, 0.1) is 6.16 Å². The highest BCUT2D eigenvalue weighted by atomic mass is 31.2. The van der Waals surface area contributed by atoms with Gasteiger partial charge in [-0.15, -0.1) is 0 Å². The number of rotatable bonds is 8. The monoisotopic (exact) mass is 487 g/mol. The van der Waals surface area contributed by atoms with Gasteiger partial charge in [0.15, 0.2) is 0 Å². The number of hydrogen-bond acceptors (Lipinski definition) is 2. The van der Waals surface area contributed by atoms with Crippen LogP contribution in [0.1, 0.15) is 21.5 Å². The molecule has 0 N–H and O–H groups in total. The molecule has 0 fully saturated rings. The van der Waals surface area contributed by atoms with E-state index < -0.39 is 7.26 Å². The van der Waals surface area contributed by atoms with Crippen molar-refractivity contribution < 1.29 is 9.53 Å². The Hall–Kier alpha value is -4.00. The van der Waals surface area contributed by atoms with Gasteiger partial charge in [0.25, 0.3) is 0 Å². The fourth-order valence-corrected chi connectivity index (χ4v) is 9.13. The van der Waals surface area contributed by atoms with Gasteiger partial charge >= 0.3 is 5.97 Å². The molecule has 0 aliphatic heterocycles. The Morgan fingerprint density at radius 3 is 1.53 bits per heavy atom. The van der Waals surface area contributed by atoms with Gasteiger partial charge in [0.1, 0.15) is 35.3 Å². The van der Waals surface area contributed by atoms with E-state index in [9.17, 15) is 4.79 Å². The number of hydrogen-bond donors (Lipinski definition) is 0. The first kappa shape index (κ1) is 23.7. The molecule has 0 unspecified atom stereocenters. The van der Waals surface area contributed by atoms with Crippen molar-refractivity contribution in [1.82, 2.24) is 0 Å². The molecule has 5 rings (SSSR count). The number of carbonyl (C=O) groups excluding carboxylic acids is 1. The summed E-state index contributed by atoms with van der Waals surface area (Å²) in [5.41, 5.74) is 2.84. The third-order valence-corrected chi connectivity index (χ3v) is 10.8. The van der Waals surface area contributed by atoms with Crippen LogP contribution in [0.2, 0.25) is 0 Å². The van der Waals surface area contributed by atoms with Gasteiger partial charge < -0.3 is 4.74 Å². The van der Waals surface area contributed by atoms with Crippen molar-refractivity contribution in [1.29, 1.82) is 0 Å². The number of benzene rings is 5. The highest BCUT2D eigenvalue weighted by molar-refractivity contribution is 7.95. The van der Waals surface area contributed by atoms with E-state index in [1.165, 1.54) is 16.2 Å². The van der Waals surface area contributed by atoms with Crippen molar-refractivity contribution in [2.75, 3.05) is 0 Å². The van der Waals surface area contributed by atoms with Gasteiger partial charge in [0, 0.05) is 0 Å². The van der Waals surface area contributed by atoms with Crippen molar-refractivity contribution >= 4 is 29.1 Å². The Kier molecular flexibility index (Phi) is 7.36. The lowest BCUT2D eigenvalue weighted by molar-refractivity contribution is 0.0474. The Bertz CT molecular complexity index is 1360. The summed E-state index contributed by atoms with van der Waals surface area (Å²) in [5, 5.41) is 3.52. The molecule has 5 aromatic rings. The smallest absolute Gasteiger partial charge is 0.342 e. The molecule has 3 heteroatoms. The minimum atomic E-state index is -2.26. The average Bonchev–Trinajstić information content (AvgIpc) is 2.97. The zero-order chi connectivity index (χ0) is 24.6. The van der Waals surface area contributed by atoms with Crippen molar-refractivity contribution in [3.63, 3.8) is 0 Å². The number of esters is 1. The summed E-state index contributed by atoms with van der Waals surface area (Å²) in [6, 6.07) is 49.7. The van der Waals surface area contributed by atoms with Crippen LogP contribution in [0.4, 0.5) is 0 Å². The highest BCUT2D eigenvalue weighted by Gasteiger charge is 2.47. The standard InChI is InChI=1S/C33H28O2P/c34-33(35-25-27-15-5-1-6-16-27)31-23-13-14-24-32(31)36(29-19-9-3-10-20-29,30-21-11-4-12-22-30)26-28-17-7-2-8-18-28/h1-24H,25-26H2/q+1. The largest absolute Gasteiger partial charge is 0.457 e. The van der Waals surface area contributed by atoms with E-state index in [0.29, 0.717) is 5.56 Å². The summed E-state index contributed by atoms with van der Waals surface area (Å²) >= 11 is 0. The molecule has 0 aliphatic rings. The number of carbonyl (C=O) groups is 1. The molecule has 36 heavy (non-hydrogen) atoms. The predicted octanol–water partition coefficient (Wildman–Crippen LogP) is 6.54. The average molecular weight is 488 g/mol. The van der Waals surface area contributed by atoms with E-state index in [1.807, 2.05) is 66.7 Å². The molecule has 176 valence electrons. The Labute approximate surface area is 213 Å². The van der Waals surface area contributed by atoms with Crippen molar-refractivity contribution in [2.45, 2.75) is 12.8 Å². The van der Waals surface area contributed by atoms with Gasteiger partial charge in [0.2, 0.25) is 0 Å². The fourth-order valence-electron chi connectivity index (χ4n) is 4.70. The topological polar surface area (TPSA) is 26.3 Å². The van der Waals surface area contributed by atoms with Crippen LogP contribution in [-0.4, -0.2) is 5.97 Å². The van der Waals surface area contributed by atoms with Gasteiger partial charge in [-0.25, -0.2) is 4.79 Å². The molecule has 0 amide bonds. The summed E-state index contributed by atoms with van der Waals surface area (Å²) in [4.78, 5) is 13.6. The van der Waals surface area contributed by atoms with Crippen LogP contribution in [0.25, 0.3) is 0 Å². The maximum Gasteiger partial charge on any atom is 0.342 e. The summed E-state index contributed by atoms with van der Waals surface area (Å²) < 4.78 is 5.85. The fraction of sp³-hybridized carbons (Fsp3) is 0.0606. The van der Waals surface area contributed by atoms with E-state index in [4.69, 9.17) is 4.74 Å². The van der Waals surface area contributed by atoms with Gasteiger partial charge in [-0.3, -0.25) is 0 Å². The molecule has 0 aliphatic carbocycles. The second-order valence-electron chi connectivity index (χ2n) is 8.70. The molecular formula is C33H28O2P+. The predicted molar refractivity (Wildman–Crippen MR) is 151 cm³/mol. The van der Waals surface area contributed by atoms with E-state index in [0.717, 1.165) is 17.0 Å². The Morgan fingerprint density at radius 2 is 0.972 bits per heavy atom. The van der Waals surface area contributed by atoms with Crippen LogP contribution in [0.15, 0.2) is 146 Å². The summed E-state index contributed by atoms with van der Waals surface area (Å²) in [6.07, 6.45) is 0.810. The van der Waals surface area contributed by atoms with Crippen LogP contribution in [0.3, 0.4) is 0 Å². The van der Waals surface area contributed by atoms with Crippen molar-refractivity contribution in [3.05, 3.63) is 162 Å². The quantitative estimate of drug-likeness (QED) is 0.184. The second kappa shape index (κ2) is 11.2. The summed E-state index contributed by atoms with van der Waals surface area (Å²) in [5.74, 6) is -0.293. The molecule has 5 aromatic carbocycles. The first-order chi connectivity index (χ1) is 17.8. The van der Waals surface area contributed by atoms with E-state index in [1.54, 1.807) is 0 Å². The van der Waals surface area contributed by atoms with Crippen LogP contribution in [0.5, 0.6) is 0 Å². The molecule has 0 aromatic heterocycles. The lowest BCUT2D eigenvalue weighted by Crippen LogP contribution is -2.35. The minimum absolute atomic E-state index is 0.245. The van der Waals surface area contributed by atoms with Crippen LogP contribution in [-0.2, 0) is 17.5 Å². The summed E-state index contributed by atoms with van der Waals surface area (Å²) in [6.45, 7) is 0.245. The Balaban J connectivity index is 1.68. The molecule has 0 saturated carbocycles. The molecule has 0 atom stereocenters. The van der Waals surface area contributed by atoms with Crippen LogP contribution < -0.4 is 15.9 Å². The first-order valence-corrected chi connectivity index (χ1v) is 14.1. The molecule has 0 radical (unpaired) electrons. The van der Waals surface area contributed by atoms with Crippen LogP contribution >= 0.6 is 7.26 Å². The van der Waals surface area contributed by atoms with E-state index >= 15 is 0 Å².